The Balaban J connectivity index is -0.00000132. The van der Waals surface area contributed by atoms with Crippen molar-refractivity contribution in [2.24, 2.45) is 0 Å². The molecule has 0 aliphatic rings. The predicted octanol–water partition coefficient (Wildman–Crippen LogP) is -3.56. The smallest absolute Gasteiger partial charge is 1.00 e. The molecule has 0 saturated heterocycles. The first-order valence-corrected chi connectivity index (χ1v) is 8.02. The molecule has 2 aromatic rings. The Morgan fingerprint density at radius 3 is 1.96 bits per heavy atom. The van der Waals surface area contributed by atoms with Gasteiger partial charge in [0, 0.05) is 11.0 Å². The minimum absolute atomic E-state index is 0. The average Bonchev–Trinajstić information content (AvgIpc) is 2.52. The summed E-state index contributed by atoms with van der Waals surface area (Å²) in [6, 6.07) is 11.8. The molecular weight excluding hydrogens is 468 g/mol. The predicted molar refractivity (Wildman–Crippen MR) is 88.8 cm³/mol. The van der Waals surface area contributed by atoms with E-state index in [1.54, 1.807) is 17.8 Å². The number of nitrogens with zero attached hydrogens (tertiary/aromatic N) is 2. The van der Waals surface area contributed by atoms with E-state index in [-0.39, 0.29) is 56.7 Å². The van der Waals surface area contributed by atoms with Crippen LogP contribution in [0.3, 0.4) is 0 Å². The van der Waals surface area contributed by atoms with E-state index in [2.05, 4.69) is 36.2 Å². The molecule has 9 heteroatoms. The maximum Gasteiger partial charge on any atom is 2.00 e. The Morgan fingerprint density at radius 2 is 1.46 bits per heavy atom. The van der Waals surface area contributed by atoms with Crippen molar-refractivity contribution >= 4 is 17.4 Å². The van der Waals surface area contributed by atoms with Crippen molar-refractivity contribution in [3.8, 4) is 11.5 Å². The van der Waals surface area contributed by atoms with Gasteiger partial charge in [-0.25, -0.2) is 0 Å². The molecule has 0 amide bonds. The van der Waals surface area contributed by atoms with Gasteiger partial charge in [-0.05, 0) is 32.9 Å². The van der Waals surface area contributed by atoms with E-state index in [9.17, 15) is 0 Å². The van der Waals surface area contributed by atoms with Gasteiger partial charge in [-0.3, -0.25) is 0 Å². The molecule has 0 aromatic heterocycles. The Morgan fingerprint density at radius 1 is 0.923 bits per heavy atom. The van der Waals surface area contributed by atoms with Gasteiger partial charge in [0.25, 0.3) is 0 Å². The molecule has 0 heterocycles. The van der Waals surface area contributed by atoms with Crippen molar-refractivity contribution < 1.29 is 66.2 Å². The molecule has 138 valence electrons. The van der Waals surface area contributed by atoms with E-state index in [0.717, 1.165) is 9.79 Å². The van der Waals surface area contributed by atoms with E-state index >= 15 is 0 Å². The van der Waals surface area contributed by atoms with Crippen LogP contribution in [-0.2, 0) is 19.5 Å². The van der Waals surface area contributed by atoms with Gasteiger partial charge in [-0.1, -0.05) is 29.5 Å². The van der Waals surface area contributed by atoms with Gasteiger partial charge in [0.1, 0.15) is 5.75 Å². The van der Waals surface area contributed by atoms with E-state index in [4.69, 9.17) is 14.9 Å². The normalized spacial score (nSPS) is 8.54. The van der Waals surface area contributed by atoms with Gasteiger partial charge < -0.3 is 46.7 Å². The molecule has 0 aliphatic carbocycles. The van der Waals surface area contributed by atoms with Gasteiger partial charge in [-0.2, -0.15) is 0 Å². The van der Waals surface area contributed by atoms with Crippen molar-refractivity contribution in [1.29, 1.82) is 5.39 Å². The van der Waals surface area contributed by atoms with Crippen LogP contribution in [0.5, 0.6) is 11.5 Å². The number of ether oxygens (including phenoxy) is 2. The summed E-state index contributed by atoms with van der Waals surface area (Å²) in [5.41, 5.74) is 1.59. The number of benzene rings is 2. The number of halogens is 3. The van der Waals surface area contributed by atoms with Gasteiger partial charge in [0.05, 0.1) is 24.2 Å². The summed E-state index contributed by atoms with van der Waals surface area (Å²) in [5.74, 6) is 1.23. The second-order valence-electron chi connectivity index (χ2n) is 4.65. The van der Waals surface area contributed by atoms with E-state index in [1.165, 1.54) is 5.56 Å². The maximum absolute atomic E-state index is 9.13. The number of hydrogen-bond acceptors (Lipinski definition) is 4. The number of rotatable bonds is 6. The summed E-state index contributed by atoms with van der Waals surface area (Å²) in [6.45, 7) is 6.92. The molecule has 0 radical (unpaired) electrons. The quantitative estimate of drug-likeness (QED) is 0.313. The minimum Gasteiger partial charge on any atom is -1.00 e. The van der Waals surface area contributed by atoms with Crippen LogP contribution in [0.25, 0.3) is 4.98 Å². The van der Waals surface area contributed by atoms with Gasteiger partial charge in [0.15, 0.2) is 4.98 Å². The van der Waals surface area contributed by atoms with Crippen LogP contribution in [-0.4, -0.2) is 13.2 Å². The van der Waals surface area contributed by atoms with Crippen molar-refractivity contribution in [2.45, 2.75) is 30.6 Å². The Kier molecular flexibility index (Phi) is 17.8. The first kappa shape index (κ1) is 30.0. The van der Waals surface area contributed by atoms with Crippen molar-refractivity contribution in [3.63, 3.8) is 0 Å². The fourth-order valence-corrected chi connectivity index (χ4v) is 2.87. The summed E-state index contributed by atoms with van der Waals surface area (Å²) < 4.78 is 11.2. The Bertz CT molecular complexity index is 698. The Labute approximate surface area is 190 Å². The van der Waals surface area contributed by atoms with Crippen LogP contribution in [0.15, 0.2) is 46.2 Å². The van der Waals surface area contributed by atoms with Crippen LogP contribution >= 0.6 is 11.8 Å². The molecule has 0 unspecified atom stereocenters. The third kappa shape index (κ3) is 8.33. The Hall–Kier alpha value is -0.697. The molecule has 0 atom stereocenters. The van der Waals surface area contributed by atoms with E-state index in [1.807, 2.05) is 19.9 Å². The van der Waals surface area contributed by atoms with Crippen LogP contribution in [0, 0.1) is 12.3 Å². The minimum atomic E-state index is 0. The molecule has 4 nitrogen and oxygen atoms in total. The van der Waals surface area contributed by atoms with Crippen LogP contribution in [0.1, 0.15) is 19.4 Å². The molecule has 2 rings (SSSR count). The second kappa shape index (κ2) is 15.4. The maximum atomic E-state index is 9.13. The largest absolute Gasteiger partial charge is 2.00 e. The first-order chi connectivity index (χ1) is 10.7. The van der Waals surface area contributed by atoms with Gasteiger partial charge >= 0.3 is 25.2 Å². The second-order valence-corrected chi connectivity index (χ2v) is 5.76. The van der Waals surface area contributed by atoms with Crippen molar-refractivity contribution in [2.75, 3.05) is 13.2 Å². The van der Waals surface area contributed by atoms with E-state index < -0.39 is 0 Å². The molecule has 26 heavy (non-hydrogen) atoms. The van der Waals surface area contributed by atoms with Crippen molar-refractivity contribution in [1.82, 2.24) is 0 Å². The molecule has 0 fully saturated rings. The molecule has 0 aliphatic heterocycles. The summed E-state index contributed by atoms with van der Waals surface area (Å²) in [4.78, 5) is 5.32. The summed E-state index contributed by atoms with van der Waals surface area (Å²) in [5, 5.41) is 9.13. The molecule has 0 spiro atoms. The fraction of sp³-hybridized carbons (Fsp3) is 0.294. The topological polar surface area (TPSA) is 46.6 Å². The van der Waals surface area contributed by atoms with Gasteiger partial charge in [0.2, 0.25) is 11.1 Å². The number of aryl methyl sites for hydroxylation is 1. The summed E-state index contributed by atoms with van der Waals surface area (Å²) >= 11 is 1.59. The number of diazo groups is 1. The van der Waals surface area contributed by atoms with E-state index in [0.29, 0.717) is 30.4 Å². The zero-order chi connectivity index (χ0) is 15.9. The summed E-state index contributed by atoms with van der Waals surface area (Å²) in [7, 11) is 0. The molecular formula is C17H19Cl3N2O2SZn. The first-order valence-electron chi connectivity index (χ1n) is 7.21. The zero-order valence-corrected chi connectivity index (χ0v) is 20.9. The standard InChI is InChI=1S/C17H19N2O2S.3ClH.Zn/c1-4-20-15-11-17(16(21-5-2)10-14(15)19-18)22-13-8-6-12(3)7-9-13;;;;/h6-11H,4-5H2,1-3H3;3*1H;/q+1;;;;+2/p-3. The van der Waals surface area contributed by atoms with Crippen LogP contribution in [0.2, 0.25) is 0 Å². The molecule has 0 bridgehead atoms. The van der Waals surface area contributed by atoms with Crippen molar-refractivity contribution in [3.05, 3.63) is 46.9 Å². The SMILES string of the molecule is CCOc1cc(Sc2ccc(C)cc2)c(OCC)cc1[N+]#N.[Cl-].[Cl-].[Cl-].[Zn+2]. The monoisotopic (exact) mass is 484 g/mol. The zero-order valence-electron chi connectivity index (χ0n) is 14.8. The third-order valence-corrected chi connectivity index (χ3v) is 4.03. The molecule has 0 saturated carbocycles. The third-order valence-electron chi connectivity index (χ3n) is 2.98. The number of hydrogen-bond donors (Lipinski definition) is 0. The average molecular weight is 487 g/mol. The molecule has 0 N–H and O–H groups in total. The molecule has 2 aromatic carbocycles. The summed E-state index contributed by atoms with van der Waals surface area (Å²) in [6.07, 6.45) is 0. The van der Waals surface area contributed by atoms with Gasteiger partial charge in [-0.15, -0.1) is 0 Å². The fourth-order valence-electron chi connectivity index (χ4n) is 1.96. The van der Waals surface area contributed by atoms with Crippen LogP contribution in [0.4, 0.5) is 5.69 Å². The van der Waals surface area contributed by atoms with Crippen LogP contribution < -0.4 is 46.7 Å².